The number of sulfone groups is 1. The van der Waals surface area contributed by atoms with Crippen LogP contribution >= 0.6 is 0 Å². The summed E-state index contributed by atoms with van der Waals surface area (Å²) in [6.45, 7) is 12.7. The highest BCUT2D eigenvalue weighted by Gasteiger charge is 2.59. The molecule has 4 aromatic carbocycles. The second-order valence-electron chi connectivity index (χ2n) is 15.1. The van der Waals surface area contributed by atoms with Crippen LogP contribution in [-0.4, -0.2) is 31.6 Å². The number of para-hydroxylation sites is 1. The van der Waals surface area contributed by atoms with Crippen LogP contribution in [0.15, 0.2) is 113 Å². The van der Waals surface area contributed by atoms with Crippen LogP contribution < -0.4 is 8.97 Å². The third-order valence-electron chi connectivity index (χ3n) is 9.93. The fourth-order valence-corrected chi connectivity index (χ4v) is 8.60. The van der Waals surface area contributed by atoms with Crippen LogP contribution in [0.3, 0.4) is 0 Å². The van der Waals surface area contributed by atoms with Gasteiger partial charge in [0.2, 0.25) is 9.84 Å². The van der Waals surface area contributed by atoms with Crippen LogP contribution in [-0.2, 0) is 20.7 Å². The first-order valence-electron chi connectivity index (χ1n) is 17.5. The molecule has 0 saturated carbocycles. The van der Waals surface area contributed by atoms with E-state index in [9.17, 15) is 8.42 Å². The molecule has 1 fully saturated rings. The minimum atomic E-state index is -3.99. The first kappa shape index (κ1) is 26.7. The molecule has 0 unspecified atom stereocenters. The summed E-state index contributed by atoms with van der Waals surface area (Å²) in [6.07, 6.45) is 1.81. The molecular formula is C40H41N4O2S+. The molecule has 3 aliphatic heterocycles. The van der Waals surface area contributed by atoms with Crippen molar-refractivity contribution in [2.24, 2.45) is 0 Å². The Hall–Kier alpha value is -4.30. The largest absolute Gasteiger partial charge is 0.325 e. The molecule has 5 heterocycles. The van der Waals surface area contributed by atoms with E-state index in [0.29, 0.717) is 5.69 Å². The highest BCUT2D eigenvalue weighted by Crippen LogP contribution is 2.61. The Bertz CT molecular complexity index is 2480. The van der Waals surface area contributed by atoms with E-state index in [4.69, 9.17) is 9.10 Å². The minimum absolute atomic E-state index is 0.0952. The summed E-state index contributed by atoms with van der Waals surface area (Å²) in [6, 6.07) is 30.5. The smallest absolute Gasteiger partial charge is 0.206 e. The van der Waals surface area contributed by atoms with Crippen molar-refractivity contribution in [3.63, 3.8) is 0 Å². The molecule has 238 valence electrons. The molecule has 0 spiro atoms. The molecule has 6 aromatic rings. The number of fused-ring (bicyclic) bond motifs is 3. The number of hydrogen-bond acceptors (Lipinski definition) is 3. The standard InChI is InChI=1S/C40H41N4O2S/c1-39(2,3)27-15-18-36-37(21-27)44(25-43(36,7)26-44)29-11-10-12-30(23-29)47(45,46)31-16-17-33-32-13-8-9-14-34(32)42(35(33)24-31)38-22-28(19-20-41-38)40(4,5)6/h8-25H,26H2,1-7H3/q+1/t43-,44+/m0/s1/i7D3. The highest BCUT2D eigenvalue weighted by molar-refractivity contribution is 7.91. The first-order valence-corrected chi connectivity index (χ1v) is 17.5. The summed E-state index contributed by atoms with van der Waals surface area (Å²) in [4.78, 5) is 5.08. The number of nitrogens with zero attached hydrogens (tertiary/aromatic N) is 4. The van der Waals surface area contributed by atoms with Crippen molar-refractivity contribution in [3.05, 3.63) is 121 Å². The number of hydrogen-bond donors (Lipinski definition) is 0. The van der Waals surface area contributed by atoms with Gasteiger partial charge in [0.25, 0.3) is 0 Å². The van der Waals surface area contributed by atoms with Crippen molar-refractivity contribution in [3.8, 4) is 5.82 Å². The van der Waals surface area contributed by atoms with Crippen molar-refractivity contribution >= 4 is 48.7 Å². The summed E-state index contributed by atoms with van der Waals surface area (Å²) >= 11 is 0. The molecule has 1 saturated heterocycles. The summed E-state index contributed by atoms with van der Waals surface area (Å²) in [7, 11) is -3.99. The van der Waals surface area contributed by atoms with Gasteiger partial charge in [-0.25, -0.2) is 13.4 Å². The van der Waals surface area contributed by atoms with Crippen LogP contribution in [0.2, 0.25) is 0 Å². The lowest BCUT2D eigenvalue weighted by Gasteiger charge is -2.54. The third kappa shape index (κ3) is 4.37. The van der Waals surface area contributed by atoms with Gasteiger partial charge in [0.15, 0.2) is 18.0 Å². The third-order valence-corrected chi connectivity index (χ3v) is 11.7. The summed E-state index contributed by atoms with van der Waals surface area (Å²) in [5, 5.41) is 1.95. The zero-order chi connectivity index (χ0) is 35.6. The quantitative estimate of drug-likeness (QED) is 0.142. The monoisotopic (exact) mass is 644 g/mol. The molecule has 0 aliphatic carbocycles. The molecule has 9 rings (SSSR count). The second kappa shape index (κ2) is 9.63. The van der Waals surface area contributed by atoms with Gasteiger partial charge in [0, 0.05) is 35.2 Å². The number of benzene rings is 4. The van der Waals surface area contributed by atoms with Crippen LogP contribution in [0.1, 0.15) is 56.8 Å². The normalized spacial score (nSPS) is 22.0. The van der Waals surface area contributed by atoms with Crippen molar-refractivity contribution < 1.29 is 12.5 Å². The lowest BCUT2D eigenvalue weighted by molar-refractivity contribution is 0.157. The Kier molecular flexibility index (Phi) is 5.48. The van der Waals surface area contributed by atoms with Crippen LogP contribution in [0.4, 0.5) is 17.1 Å². The van der Waals surface area contributed by atoms with E-state index in [1.807, 2.05) is 72.0 Å². The molecule has 2 atom stereocenters. The van der Waals surface area contributed by atoms with E-state index in [1.54, 1.807) is 30.3 Å². The average Bonchev–Trinajstić information content (AvgIpc) is 3.65. The molecule has 6 nitrogen and oxygen atoms in total. The van der Waals surface area contributed by atoms with Gasteiger partial charge in [-0.2, -0.15) is 0 Å². The number of aromatic nitrogens is 2. The van der Waals surface area contributed by atoms with Crippen molar-refractivity contribution in [1.82, 2.24) is 18.5 Å². The highest BCUT2D eigenvalue weighted by atomic mass is 32.2. The van der Waals surface area contributed by atoms with Gasteiger partial charge in [-0.1, -0.05) is 77.9 Å². The van der Waals surface area contributed by atoms with Gasteiger partial charge in [0.05, 0.1) is 38.6 Å². The fourth-order valence-electron chi connectivity index (χ4n) is 7.28. The van der Waals surface area contributed by atoms with E-state index in [-0.39, 0.29) is 36.3 Å². The minimum Gasteiger partial charge on any atom is -0.325 e. The molecule has 47 heavy (non-hydrogen) atoms. The topological polar surface area (TPSA) is 52.0 Å². The fraction of sp³-hybridized carbons (Fsp3) is 0.250. The van der Waals surface area contributed by atoms with Gasteiger partial charge in [-0.15, -0.1) is 0 Å². The molecule has 0 amide bonds. The Labute approximate surface area is 281 Å². The van der Waals surface area contributed by atoms with Gasteiger partial charge >= 0.3 is 0 Å². The molecule has 2 aromatic heterocycles. The molecule has 0 N–H and O–H groups in total. The van der Waals surface area contributed by atoms with E-state index in [2.05, 4.69) is 53.7 Å². The molecule has 2 bridgehead atoms. The predicted octanol–water partition coefficient (Wildman–Crippen LogP) is 9.29. The maximum absolute atomic E-state index is 14.5. The Morgan fingerprint density at radius 2 is 1.45 bits per heavy atom. The van der Waals surface area contributed by atoms with Crippen LogP contribution in [0.25, 0.3) is 27.6 Å². The van der Waals surface area contributed by atoms with Gasteiger partial charge in [-0.3, -0.25) is 9.05 Å². The summed E-state index contributed by atoms with van der Waals surface area (Å²) in [5.41, 5.74) is 5.99. The zero-order valence-electron chi connectivity index (χ0n) is 30.6. The Balaban J connectivity index is 1.26. The lowest BCUT2D eigenvalue weighted by atomic mass is 9.86. The van der Waals surface area contributed by atoms with Gasteiger partial charge < -0.3 is 4.48 Å². The molecule has 0 radical (unpaired) electrons. The number of pyridine rings is 1. The maximum Gasteiger partial charge on any atom is 0.206 e. The molecule has 3 aliphatic rings. The number of quaternary nitrogens is 2. The van der Waals surface area contributed by atoms with Crippen molar-refractivity contribution in [2.45, 2.75) is 62.2 Å². The average molecular weight is 645 g/mol. The number of rotatable bonds is 4. The predicted molar refractivity (Wildman–Crippen MR) is 193 cm³/mol. The van der Waals surface area contributed by atoms with E-state index in [0.717, 1.165) is 50.1 Å². The summed E-state index contributed by atoms with van der Waals surface area (Å²) < 4.78 is 56.4. The maximum atomic E-state index is 14.5. The van der Waals surface area contributed by atoms with Gasteiger partial charge in [0.1, 0.15) is 11.5 Å². The van der Waals surface area contributed by atoms with Crippen LogP contribution in [0.5, 0.6) is 0 Å². The van der Waals surface area contributed by atoms with E-state index >= 15 is 0 Å². The lowest BCUT2D eigenvalue weighted by Crippen LogP contribution is -2.68. The van der Waals surface area contributed by atoms with Crippen molar-refractivity contribution in [1.29, 1.82) is 0 Å². The summed E-state index contributed by atoms with van der Waals surface area (Å²) in [5.74, 6) is 0.725. The molecule has 7 heteroatoms. The van der Waals surface area contributed by atoms with Gasteiger partial charge in [-0.05, 0) is 64.4 Å². The Morgan fingerprint density at radius 1 is 0.745 bits per heavy atom. The zero-order valence-corrected chi connectivity index (χ0v) is 28.4. The SMILES string of the molecule is [2H]C([2H])([2H])[N@+]12[CH-][N@+](c3cccc(S(=O)(=O)c4ccc5c6ccccc6n(-c6cc(C(C)(C)C)ccn6)c5c4)c3)(C1)c1cc(C(C)(C)C)ccc12. The van der Waals surface area contributed by atoms with E-state index < -0.39 is 16.8 Å². The Morgan fingerprint density at radius 3 is 2.19 bits per heavy atom. The van der Waals surface area contributed by atoms with E-state index in [1.165, 1.54) is 0 Å². The molecular weight excluding hydrogens is 601 g/mol. The van der Waals surface area contributed by atoms with Crippen molar-refractivity contribution in [2.75, 3.05) is 13.6 Å². The van der Waals surface area contributed by atoms with Crippen LogP contribution in [0, 0.1) is 6.67 Å². The second-order valence-corrected chi connectivity index (χ2v) is 17.1. The first-order chi connectivity index (χ1) is 23.4.